The average Bonchev–Trinajstić information content (AvgIpc) is 3.05. The van der Waals surface area contributed by atoms with Crippen molar-refractivity contribution < 1.29 is 9.53 Å². The molecule has 1 aliphatic heterocycles. The van der Waals surface area contributed by atoms with Gasteiger partial charge in [0.05, 0.1) is 13.2 Å². The molecule has 7 heteroatoms. The monoisotopic (exact) mass is 460 g/mol. The van der Waals surface area contributed by atoms with Crippen molar-refractivity contribution in [2.24, 2.45) is 10.9 Å². The van der Waals surface area contributed by atoms with Crippen molar-refractivity contribution in [2.75, 3.05) is 46.9 Å². The molecule has 1 amide bonds. The van der Waals surface area contributed by atoms with Gasteiger partial charge in [-0.15, -0.1) is 24.0 Å². The molecule has 0 aromatic heterocycles. The maximum absolute atomic E-state index is 11.8. The summed E-state index contributed by atoms with van der Waals surface area (Å²) in [5.41, 5.74) is 1.38. The minimum Gasteiger partial charge on any atom is -0.383 e. The smallest absolute Gasteiger partial charge is 0.239 e. The fourth-order valence-corrected chi connectivity index (χ4v) is 2.99. The first-order valence-electron chi connectivity index (χ1n) is 8.48. The molecular weight excluding hydrogens is 431 g/mol. The molecule has 2 N–H and O–H groups in total. The molecule has 140 valence electrons. The number of nitrogens with zero attached hydrogens (tertiary/aromatic N) is 2. The van der Waals surface area contributed by atoms with E-state index in [0.29, 0.717) is 19.1 Å². The summed E-state index contributed by atoms with van der Waals surface area (Å²) in [6.45, 7) is 3.23. The molecule has 0 spiro atoms. The molecule has 0 aliphatic carbocycles. The molecule has 25 heavy (non-hydrogen) atoms. The van der Waals surface area contributed by atoms with Crippen molar-refractivity contribution in [3.63, 3.8) is 0 Å². The van der Waals surface area contributed by atoms with Crippen LogP contribution in [0.3, 0.4) is 0 Å². The zero-order valence-electron chi connectivity index (χ0n) is 15.0. The predicted molar refractivity (Wildman–Crippen MR) is 111 cm³/mol. The molecule has 1 atom stereocenters. The van der Waals surface area contributed by atoms with Crippen LogP contribution in [-0.4, -0.2) is 63.7 Å². The number of nitrogens with one attached hydrogen (secondary N) is 2. The van der Waals surface area contributed by atoms with E-state index >= 15 is 0 Å². The molecular formula is C18H29IN4O2. The van der Waals surface area contributed by atoms with Gasteiger partial charge in [-0.05, 0) is 24.3 Å². The van der Waals surface area contributed by atoms with E-state index in [4.69, 9.17) is 4.74 Å². The Labute approximate surface area is 167 Å². The first-order chi connectivity index (χ1) is 11.7. The van der Waals surface area contributed by atoms with Gasteiger partial charge in [0.2, 0.25) is 5.91 Å². The molecule has 6 nitrogen and oxygen atoms in total. The number of guanidine groups is 1. The van der Waals surface area contributed by atoms with E-state index in [9.17, 15) is 4.79 Å². The highest BCUT2D eigenvalue weighted by atomic mass is 127. The molecule has 1 aliphatic rings. The SMILES string of the molecule is CN=C(NCC(=O)NCCOC)N1CCC(Cc2ccccc2)C1.I. The van der Waals surface area contributed by atoms with E-state index in [-0.39, 0.29) is 36.4 Å². The minimum absolute atomic E-state index is 0. The average molecular weight is 460 g/mol. The number of ether oxygens (including phenoxy) is 1. The van der Waals surface area contributed by atoms with Gasteiger partial charge in [0.25, 0.3) is 0 Å². The van der Waals surface area contributed by atoms with Crippen LogP contribution >= 0.6 is 24.0 Å². The second-order valence-electron chi connectivity index (χ2n) is 6.03. The van der Waals surface area contributed by atoms with Crippen LogP contribution in [0, 0.1) is 5.92 Å². The summed E-state index contributed by atoms with van der Waals surface area (Å²) >= 11 is 0. The lowest BCUT2D eigenvalue weighted by Crippen LogP contribution is -2.45. The quantitative estimate of drug-likeness (QED) is 0.280. The second kappa shape index (κ2) is 12.1. The van der Waals surface area contributed by atoms with Gasteiger partial charge in [-0.2, -0.15) is 0 Å². The topological polar surface area (TPSA) is 66.0 Å². The van der Waals surface area contributed by atoms with Crippen LogP contribution in [0.1, 0.15) is 12.0 Å². The predicted octanol–water partition coefficient (Wildman–Crippen LogP) is 1.51. The molecule has 0 saturated carbocycles. The molecule has 1 aromatic carbocycles. The molecule has 1 saturated heterocycles. The Bertz CT molecular complexity index is 539. The van der Waals surface area contributed by atoms with Crippen molar-refractivity contribution in [1.29, 1.82) is 0 Å². The van der Waals surface area contributed by atoms with E-state index in [1.165, 1.54) is 5.56 Å². The van der Waals surface area contributed by atoms with Crippen molar-refractivity contribution in [2.45, 2.75) is 12.8 Å². The summed E-state index contributed by atoms with van der Waals surface area (Å²) in [5.74, 6) is 1.38. The summed E-state index contributed by atoms with van der Waals surface area (Å²) in [4.78, 5) is 18.3. The molecule has 1 heterocycles. The highest BCUT2D eigenvalue weighted by Crippen LogP contribution is 2.20. The van der Waals surface area contributed by atoms with E-state index in [2.05, 4.69) is 44.8 Å². The molecule has 0 radical (unpaired) electrons. The van der Waals surface area contributed by atoms with Gasteiger partial charge in [-0.1, -0.05) is 30.3 Å². The Balaban J connectivity index is 0.00000312. The minimum atomic E-state index is -0.0479. The highest BCUT2D eigenvalue weighted by Gasteiger charge is 2.25. The van der Waals surface area contributed by atoms with Crippen LogP contribution < -0.4 is 10.6 Å². The third-order valence-corrected chi connectivity index (χ3v) is 4.20. The largest absolute Gasteiger partial charge is 0.383 e. The number of hydrogen-bond donors (Lipinski definition) is 2. The lowest BCUT2D eigenvalue weighted by molar-refractivity contribution is -0.120. The summed E-state index contributed by atoms with van der Waals surface area (Å²) < 4.78 is 4.91. The van der Waals surface area contributed by atoms with Gasteiger partial charge < -0.3 is 20.3 Å². The Hall–Kier alpha value is -1.35. The van der Waals surface area contributed by atoms with Gasteiger partial charge in [-0.25, -0.2) is 0 Å². The number of halogens is 1. The van der Waals surface area contributed by atoms with E-state index < -0.39 is 0 Å². The summed E-state index contributed by atoms with van der Waals surface area (Å²) in [6, 6.07) is 10.6. The fraction of sp³-hybridized carbons (Fsp3) is 0.556. The van der Waals surface area contributed by atoms with Gasteiger partial charge in [0.1, 0.15) is 0 Å². The number of rotatable bonds is 7. The molecule has 1 fully saturated rings. The molecule has 2 rings (SSSR count). The zero-order valence-corrected chi connectivity index (χ0v) is 17.4. The fourth-order valence-electron chi connectivity index (χ4n) is 2.99. The van der Waals surface area contributed by atoms with E-state index in [1.807, 2.05) is 6.07 Å². The first kappa shape index (κ1) is 21.7. The normalized spacial score (nSPS) is 17.1. The van der Waals surface area contributed by atoms with Crippen molar-refractivity contribution in [3.05, 3.63) is 35.9 Å². The first-order valence-corrected chi connectivity index (χ1v) is 8.48. The molecule has 0 bridgehead atoms. The Morgan fingerprint density at radius 2 is 2.08 bits per heavy atom. The number of benzene rings is 1. The van der Waals surface area contributed by atoms with Gasteiger partial charge in [-0.3, -0.25) is 9.79 Å². The number of hydrogen-bond acceptors (Lipinski definition) is 3. The van der Waals surface area contributed by atoms with Gasteiger partial charge in [0.15, 0.2) is 5.96 Å². The Morgan fingerprint density at radius 3 is 2.76 bits per heavy atom. The number of likely N-dealkylation sites (tertiary alicyclic amines) is 1. The van der Waals surface area contributed by atoms with Crippen LogP contribution in [0.15, 0.2) is 35.3 Å². The maximum Gasteiger partial charge on any atom is 0.239 e. The van der Waals surface area contributed by atoms with Crippen LogP contribution in [0.2, 0.25) is 0 Å². The van der Waals surface area contributed by atoms with Crippen LogP contribution in [-0.2, 0) is 16.0 Å². The number of amides is 1. The van der Waals surface area contributed by atoms with Crippen LogP contribution in [0.25, 0.3) is 0 Å². The van der Waals surface area contributed by atoms with Crippen LogP contribution in [0.4, 0.5) is 0 Å². The maximum atomic E-state index is 11.8. The third kappa shape index (κ3) is 7.60. The molecule has 1 aromatic rings. The van der Waals surface area contributed by atoms with Crippen molar-refractivity contribution in [3.8, 4) is 0 Å². The number of carbonyl (C=O) groups excluding carboxylic acids is 1. The molecule has 1 unspecified atom stereocenters. The van der Waals surface area contributed by atoms with Gasteiger partial charge >= 0.3 is 0 Å². The van der Waals surface area contributed by atoms with E-state index in [1.54, 1.807) is 14.2 Å². The third-order valence-electron chi connectivity index (χ3n) is 4.20. The van der Waals surface area contributed by atoms with Crippen molar-refractivity contribution in [1.82, 2.24) is 15.5 Å². The Morgan fingerprint density at radius 1 is 1.32 bits per heavy atom. The second-order valence-corrected chi connectivity index (χ2v) is 6.03. The van der Waals surface area contributed by atoms with Crippen LogP contribution in [0.5, 0.6) is 0 Å². The summed E-state index contributed by atoms with van der Waals surface area (Å²) in [5, 5.41) is 5.94. The standard InChI is InChI=1S/C18H28N4O2.HI/c1-19-18(21-13-17(23)20-9-11-24-2)22-10-8-16(14-22)12-15-6-4-3-5-7-15;/h3-7,16H,8-14H2,1-2H3,(H,19,21)(H,20,23);1H. The highest BCUT2D eigenvalue weighted by molar-refractivity contribution is 14.0. The lowest BCUT2D eigenvalue weighted by Gasteiger charge is -2.21. The van der Waals surface area contributed by atoms with E-state index in [0.717, 1.165) is 31.9 Å². The zero-order chi connectivity index (χ0) is 17.2. The summed E-state index contributed by atoms with van der Waals surface area (Å²) in [7, 11) is 3.38. The Kier molecular flexibility index (Phi) is 10.5. The van der Waals surface area contributed by atoms with Crippen molar-refractivity contribution >= 4 is 35.8 Å². The summed E-state index contributed by atoms with van der Waals surface area (Å²) in [6.07, 6.45) is 2.24. The lowest BCUT2D eigenvalue weighted by atomic mass is 9.99. The number of aliphatic imine (C=N–C) groups is 1. The van der Waals surface area contributed by atoms with Gasteiger partial charge in [0, 0.05) is 33.8 Å². The number of methoxy groups -OCH3 is 1. The number of carbonyl (C=O) groups is 1.